The number of amides is 1. The lowest BCUT2D eigenvalue weighted by Crippen LogP contribution is -2.12. The van der Waals surface area contributed by atoms with Gasteiger partial charge in [0.2, 0.25) is 0 Å². The Morgan fingerprint density at radius 3 is 2.59 bits per heavy atom. The molecule has 7 heteroatoms. The fourth-order valence-electron chi connectivity index (χ4n) is 1.88. The zero-order valence-corrected chi connectivity index (χ0v) is 13.2. The monoisotopic (exact) mass is 341 g/mol. The standard InChI is InChI=1S/C15H13ClFNO3S/c1-22(20,21)9-10-3-2-4-11(7-10)15(19)18-12-5-6-14(17)13(16)8-12/h2-8H,9H2,1H3,(H,18,19). The molecule has 0 aromatic heterocycles. The highest BCUT2D eigenvalue weighted by Gasteiger charge is 2.10. The molecule has 2 aromatic rings. The molecule has 1 N–H and O–H groups in total. The number of hydrogen-bond donors (Lipinski definition) is 1. The second-order valence-electron chi connectivity index (χ2n) is 4.85. The Balaban J connectivity index is 2.19. The summed E-state index contributed by atoms with van der Waals surface area (Å²) >= 11 is 5.65. The molecule has 0 heterocycles. The van der Waals surface area contributed by atoms with E-state index in [-0.39, 0.29) is 10.8 Å². The SMILES string of the molecule is CS(=O)(=O)Cc1cccc(C(=O)Nc2ccc(F)c(Cl)c2)c1. The van der Waals surface area contributed by atoms with E-state index in [0.717, 1.165) is 12.3 Å². The number of sulfone groups is 1. The van der Waals surface area contributed by atoms with Crippen LogP contribution in [0.4, 0.5) is 10.1 Å². The second kappa shape index (κ2) is 6.46. The van der Waals surface area contributed by atoms with Crippen LogP contribution in [0.25, 0.3) is 0 Å². The molecule has 0 atom stereocenters. The van der Waals surface area contributed by atoms with Gasteiger partial charge in [0.05, 0.1) is 10.8 Å². The van der Waals surface area contributed by atoms with Crippen molar-refractivity contribution in [1.82, 2.24) is 0 Å². The van der Waals surface area contributed by atoms with Crippen molar-refractivity contribution in [3.05, 3.63) is 64.4 Å². The van der Waals surface area contributed by atoms with Crippen LogP contribution in [0.3, 0.4) is 0 Å². The van der Waals surface area contributed by atoms with Crippen LogP contribution in [0.2, 0.25) is 5.02 Å². The van der Waals surface area contributed by atoms with Gasteiger partial charge in [0, 0.05) is 17.5 Å². The van der Waals surface area contributed by atoms with E-state index in [1.807, 2.05) is 0 Å². The van der Waals surface area contributed by atoms with Gasteiger partial charge in [0.15, 0.2) is 9.84 Å². The van der Waals surface area contributed by atoms with Crippen molar-refractivity contribution in [2.75, 3.05) is 11.6 Å². The summed E-state index contributed by atoms with van der Waals surface area (Å²) in [6.45, 7) is 0. The average Bonchev–Trinajstić information content (AvgIpc) is 2.41. The lowest BCUT2D eigenvalue weighted by molar-refractivity contribution is 0.102. The molecule has 4 nitrogen and oxygen atoms in total. The highest BCUT2D eigenvalue weighted by Crippen LogP contribution is 2.20. The first-order valence-electron chi connectivity index (χ1n) is 6.28. The number of benzene rings is 2. The maximum absolute atomic E-state index is 13.1. The Morgan fingerprint density at radius 1 is 1.23 bits per heavy atom. The first kappa shape index (κ1) is 16.5. The molecule has 0 spiro atoms. The molecular weight excluding hydrogens is 329 g/mol. The van der Waals surface area contributed by atoms with Crippen LogP contribution in [0, 0.1) is 5.82 Å². The number of rotatable bonds is 4. The number of nitrogens with one attached hydrogen (secondary N) is 1. The van der Waals surface area contributed by atoms with Gasteiger partial charge in [-0.3, -0.25) is 4.79 Å². The molecule has 0 saturated carbocycles. The van der Waals surface area contributed by atoms with Crippen molar-refractivity contribution in [3.63, 3.8) is 0 Å². The molecule has 0 aliphatic carbocycles. The Labute approximate surface area is 132 Å². The predicted octanol–water partition coefficient (Wildman–Crippen LogP) is 3.28. The summed E-state index contributed by atoms with van der Waals surface area (Å²) in [6, 6.07) is 10.1. The highest BCUT2D eigenvalue weighted by molar-refractivity contribution is 7.89. The molecule has 0 radical (unpaired) electrons. The van der Waals surface area contributed by atoms with E-state index in [9.17, 15) is 17.6 Å². The van der Waals surface area contributed by atoms with E-state index >= 15 is 0 Å². The van der Waals surface area contributed by atoms with Crippen molar-refractivity contribution >= 4 is 33.0 Å². The number of carbonyl (C=O) groups excluding carboxylic acids is 1. The van der Waals surface area contributed by atoms with Gasteiger partial charge in [0.25, 0.3) is 5.91 Å². The van der Waals surface area contributed by atoms with Gasteiger partial charge in [-0.25, -0.2) is 12.8 Å². The van der Waals surface area contributed by atoms with Crippen LogP contribution in [0.5, 0.6) is 0 Å². The van der Waals surface area contributed by atoms with Crippen molar-refractivity contribution in [2.24, 2.45) is 0 Å². The lowest BCUT2D eigenvalue weighted by Gasteiger charge is -2.07. The molecular formula is C15H13ClFNO3S. The molecule has 1 amide bonds. The van der Waals surface area contributed by atoms with Crippen LogP contribution in [0.1, 0.15) is 15.9 Å². The zero-order chi connectivity index (χ0) is 16.3. The number of halogens is 2. The fraction of sp³-hybridized carbons (Fsp3) is 0.133. The summed E-state index contributed by atoms with van der Waals surface area (Å²) in [5, 5.41) is 2.48. The predicted molar refractivity (Wildman–Crippen MR) is 84.4 cm³/mol. The molecule has 0 unspecified atom stereocenters. The van der Waals surface area contributed by atoms with Gasteiger partial charge >= 0.3 is 0 Å². The fourth-order valence-corrected chi connectivity index (χ4v) is 2.85. The number of hydrogen-bond acceptors (Lipinski definition) is 3. The van der Waals surface area contributed by atoms with Crippen molar-refractivity contribution in [2.45, 2.75) is 5.75 Å². The Kier molecular flexibility index (Phi) is 4.83. The summed E-state index contributed by atoms with van der Waals surface area (Å²) in [6.07, 6.45) is 1.13. The third-order valence-electron chi connectivity index (χ3n) is 2.80. The summed E-state index contributed by atoms with van der Waals surface area (Å²) in [4.78, 5) is 12.1. The van der Waals surface area contributed by atoms with E-state index in [1.54, 1.807) is 18.2 Å². The smallest absolute Gasteiger partial charge is 0.255 e. The van der Waals surface area contributed by atoms with Crippen LogP contribution >= 0.6 is 11.6 Å². The quantitative estimate of drug-likeness (QED) is 0.928. The Morgan fingerprint density at radius 2 is 1.95 bits per heavy atom. The molecule has 0 bridgehead atoms. The van der Waals surface area contributed by atoms with E-state index in [1.165, 1.54) is 18.2 Å². The van der Waals surface area contributed by atoms with Crippen LogP contribution < -0.4 is 5.32 Å². The van der Waals surface area contributed by atoms with E-state index in [0.29, 0.717) is 16.8 Å². The highest BCUT2D eigenvalue weighted by atomic mass is 35.5. The van der Waals surface area contributed by atoms with E-state index in [4.69, 9.17) is 11.6 Å². The minimum absolute atomic E-state index is 0.0939. The van der Waals surface area contributed by atoms with Crippen molar-refractivity contribution < 1.29 is 17.6 Å². The minimum atomic E-state index is -3.18. The second-order valence-corrected chi connectivity index (χ2v) is 7.40. The van der Waals surface area contributed by atoms with Gasteiger partial charge in [0.1, 0.15) is 5.82 Å². The van der Waals surface area contributed by atoms with E-state index < -0.39 is 21.6 Å². The van der Waals surface area contributed by atoms with Gasteiger partial charge < -0.3 is 5.32 Å². The molecule has 0 saturated heterocycles. The molecule has 116 valence electrons. The molecule has 0 fully saturated rings. The molecule has 2 aromatic carbocycles. The number of carbonyl (C=O) groups is 1. The van der Waals surface area contributed by atoms with Crippen molar-refractivity contribution in [3.8, 4) is 0 Å². The zero-order valence-electron chi connectivity index (χ0n) is 11.6. The summed E-state index contributed by atoms with van der Waals surface area (Å²) in [7, 11) is -3.18. The van der Waals surface area contributed by atoms with Crippen molar-refractivity contribution in [1.29, 1.82) is 0 Å². The first-order chi connectivity index (χ1) is 10.2. The minimum Gasteiger partial charge on any atom is -0.322 e. The topological polar surface area (TPSA) is 63.2 Å². The summed E-state index contributed by atoms with van der Waals surface area (Å²) < 4.78 is 35.7. The lowest BCUT2D eigenvalue weighted by atomic mass is 10.1. The van der Waals surface area contributed by atoms with Gasteiger partial charge in [-0.2, -0.15) is 0 Å². The van der Waals surface area contributed by atoms with Crippen LogP contribution in [-0.4, -0.2) is 20.6 Å². The van der Waals surface area contributed by atoms with Crippen LogP contribution in [-0.2, 0) is 15.6 Å². The Bertz CT molecular complexity index is 821. The van der Waals surface area contributed by atoms with Gasteiger partial charge in [-0.1, -0.05) is 23.7 Å². The first-order valence-corrected chi connectivity index (χ1v) is 8.71. The normalized spacial score (nSPS) is 11.2. The maximum Gasteiger partial charge on any atom is 0.255 e. The largest absolute Gasteiger partial charge is 0.322 e. The maximum atomic E-state index is 13.1. The van der Waals surface area contributed by atoms with Crippen LogP contribution in [0.15, 0.2) is 42.5 Å². The summed E-state index contributed by atoms with van der Waals surface area (Å²) in [5.41, 5.74) is 1.18. The third-order valence-corrected chi connectivity index (χ3v) is 3.94. The average molecular weight is 342 g/mol. The van der Waals surface area contributed by atoms with Gasteiger partial charge in [-0.05, 0) is 35.9 Å². The number of anilines is 1. The molecule has 2 rings (SSSR count). The Hall–Kier alpha value is -1.92. The third kappa shape index (κ3) is 4.54. The molecule has 0 aliphatic rings. The molecule has 22 heavy (non-hydrogen) atoms. The van der Waals surface area contributed by atoms with E-state index in [2.05, 4.69) is 5.32 Å². The summed E-state index contributed by atoms with van der Waals surface area (Å²) in [5.74, 6) is -1.15. The van der Waals surface area contributed by atoms with Gasteiger partial charge in [-0.15, -0.1) is 0 Å². The molecule has 0 aliphatic heterocycles.